The van der Waals surface area contributed by atoms with Crippen LogP contribution in [0.1, 0.15) is 62.2 Å². The second-order valence-electron chi connectivity index (χ2n) is 6.30. The Labute approximate surface area is 136 Å². The van der Waals surface area contributed by atoms with Crippen LogP contribution in [-0.4, -0.2) is 18.4 Å². The molecule has 0 radical (unpaired) electrons. The number of amides is 2. The van der Waals surface area contributed by atoms with Crippen LogP contribution in [-0.2, 0) is 4.79 Å². The van der Waals surface area contributed by atoms with Crippen molar-refractivity contribution in [3.8, 4) is 0 Å². The van der Waals surface area contributed by atoms with E-state index in [2.05, 4.69) is 10.6 Å². The number of anilines is 1. The molecule has 2 N–H and O–H groups in total. The standard InChI is InChI=1S/C18H25FN2O2/c1-13(22)21-17-11-15(9-10-16(17)19)18(23)20-12-14-7-5-3-2-4-6-8-14/h9-11,14H,2-8,12H2,1H3,(H,20,23)(H,21,22). The molecule has 1 fully saturated rings. The summed E-state index contributed by atoms with van der Waals surface area (Å²) in [6.07, 6.45) is 8.64. The Balaban J connectivity index is 1.93. The van der Waals surface area contributed by atoms with Crippen LogP contribution in [0, 0.1) is 11.7 Å². The molecule has 5 heteroatoms. The Hall–Kier alpha value is -1.91. The topological polar surface area (TPSA) is 58.2 Å². The zero-order chi connectivity index (χ0) is 16.7. The third-order valence-electron chi connectivity index (χ3n) is 4.32. The van der Waals surface area contributed by atoms with Gasteiger partial charge in [0.25, 0.3) is 5.91 Å². The molecule has 1 aliphatic carbocycles. The minimum absolute atomic E-state index is 0.0381. The number of hydrogen-bond acceptors (Lipinski definition) is 2. The van der Waals surface area contributed by atoms with Gasteiger partial charge in [0.1, 0.15) is 5.82 Å². The predicted octanol–water partition coefficient (Wildman–Crippen LogP) is 3.87. The number of nitrogens with one attached hydrogen (secondary N) is 2. The van der Waals surface area contributed by atoms with Gasteiger partial charge in [0.2, 0.25) is 5.91 Å². The summed E-state index contributed by atoms with van der Waals surface area (Å²) < 4.78 is 13.6. The molecule has 1 aromatic rings. The number of carbonyl (C=O) groups excluding carboxylic acids is 2. The highest BCUT2D eigenvalue weighted by atomic mass is 19.1. The molecule has 0 saturated heterocycles. The molecule has 1 aromatic carbocycles. The third kappa shape index (κ3) is 5.66. The smallest absolute Gasteiger partial charge is 0.251 e. The molecule has 0 unspecified atom stereocenters. The maximum atomic E-state index is 13.6. The second-order valence-corrected chi connectivity index (χ2v) is 6.30. The summed E-state index contributed by atoms with van der Waals surface area (Å²) >= 11 is 0. The first kappa shape index (κ1) is 17.4. The largest absolute Gasteiger partial charge is 0.352 e. The second kappa shape index (κ2) is 8.65. The molecular formula is C18H25FN2O2. The summed E-state index contributed by atoms with van der Waals surface area (Å²) in [4.78, 5) is 23.3. The van der Waals surface area contributed by atoms with Gasteiger partial charge in [-0.3, -0.25) is 9.59 Å². The van der Waals surface area contributed by atoms with E-state index >= 15 is 0 Å². The van der Waals surface area contributed by atoms with Crippen LogP contribution in [0.4, 0.5) is 10.1 Å². The van der Waals surface area contributed by atoms with Crippen molar-refractivity contribution in [1.82, 2.24) is 5.32 Å². The van der Waals surface area contributed by atoms with Crippen molar-refractivity contribution >= 4 is 17.5 Å². The monoisotopic (exact) mass is 320 g/mol. The molecule has 2 amide bonds. The highest BCUT2D eigenvalue weighted by molar-refractivity contribution is 5.96. The van der Waals surface area contributed by atoms with Crippen LogP contribution in [0.2, 0.25) is 0 Å². The van der Waals surface area contributed by atoms with Crippen LogP contribution in [0.25, 0.3) is 0 Å². The SMILES string of the molecule is CC(=O)Nc1cc(C(=O)NCC2CCCCCCC2)ccc1F. The Morgan fingerprint density at radius 3 is 2.43 bits per heavy atom. The first-order valence-corrected chi connectivity index (χ1v) is 8.41. The average Bonchev–Trinajstić information content (AvgIpc) is 2.47. The van der Waals surface area contributed by atoms with E-state index in [9.17, 15) is 14.0 Å². The van der Waals surface area contributed by atoms with E-state index < -0.39 is 5.82 Å². The zero-order valence-corrected chi connectivity index (χ0v) is 13.7. The molecular weight excluding hydrogens is 295 g/mol. The Kier molecular flexibility index (Phi) is 6.56. The molecule has 0 aliphatic heterocycles. The van der Waals surface area contributed by atoms with Gasteiger partial charge in [-0.05, 0) is 37.0 Å². The molecule has 0 heterocycles. The fourth-order valence-electron chi connectivity index (χ4n) is 3.04. The van der Waals surface area contributed by atoms with Crippen molar-refractivity contribution in [2.75, 3.05) is 11.9 Å². The van der Waals surface area contributed by atoms with Gasteiger partial charge in [0, 0.05) is 19.0 Å². The third-order valence-corrected chi connectivity index (χ3v) is 4.32. The average molecular weight is 320 g/mol. The van der Waals surface area contributed by atoms with E-state index in [1.165, 1.54) is 57.2 Å². The molecule has 0 bridgehead atoms. The lowest BCUT2D eigenvalue weighted by atomic mass is 9.91. The lowest BCUT2D eigenvalue weighted by molar-refractivity contribution is -0.114. The van der Waals surface area contributed by atoms with Crippen molar-refractivity contribution in [3.63, 3.8) is 0 Å². The van der Waals surface area contributed by atoms with E-state index in [-0.39, 0.29) is 17.5 Å². The fraction of sp³-hybridized carbons (Fsp3) is 0.556. The number of rotatable bonds is 4. The van der Waals surface area contributed by atoms with Gasteiger partial charge in [-0.1, -0.05) is 32.1 Å². The first-order valence-electron chi connectivity index (χ1n) is 8.41. The minimum atomic E-state index is -0.545. The quantitative estimate of drug-likeness (QED) is 0.884. The first-order chi connectivity index (χ1) is 11.1. The van der Waals surface area contributed by atoms with Gasteiger partial charge in [-0.25, -0.2) is 4.39 Å². The summed E-state index contributed by atoms with van der Waals surface area (Å²) in [5.74, 6) is -0.610. The summed E-state index contributed by atoms with van der Waals surface area (Å²) in [7, 11) is 0. The lowest BCUT2D eigenvalue weighted by Gasteiger charge is -2.20. The summed E-state index contributed by atoms with van der Waals surface area (Å²) in [6, 6.07) is 4.02. The molecule has 1 aliphatic rings. The van der Waals surface area contributed by atoms with Crippen LogP contribution in [0.3, 0.4) is 0 Å². The van der Waals surface area contributed by atoms with Crippen molar-refractivity contribution < 1.29 is 14.0 Å². The van der Waals surface area contributed by atoms with Gasteiger partial charge >= 0.3 is 0 Å². The normalized spacial score (nSPS) is 16.3. The van der Waals surface area contributed by atoms with Crippen LogP contribution in [0.15, 0.2) is 18.2 Å². The highest BCUT2D eigenvalue weighted by Crippen LogP contribution is 2.22. The maximum absolute atomic E-state index is 13.6. The van der Waals surface area contributed by atoms with Gasteiger partial charge in [0.05, 0.1) is 5.69 Å². The van der Waals surface area contributed by atoms with Gasteiger partial charge in [-0.2, -0.15) is 0 Å². The van der Waals surface area contributed by atoms with Crippen LogP contribution < -0.4 is 10.6 Å². The summed E-state index contributed by atoms with van der Waals surface area (Å²) in [6.45, 7) is 1.96. The van der Waals surface area contributed by atoms with Gasteiger partial charge in [-0.15, -0.1) is 0 Å². The van der Waals surface area contributed by atoms with Crippen molar-refractivity contribution in [3.05, 3.63) is 29.6 Å². The fourth-order valence-corrected chi connectivity index (χ4v) is 3.04. The Morgan fingerprint density at radius 2 is 1.78 bits per heavy atom. The predicted molar refractivity (Wildman–Crippen MR) is 88.8 cm³/mol. The number of carbonyl (C=O) groups is 2. The summed E-state index contributed by atoms with van der Waals surface area (Å²) in [5.41, 5.74) is 0.400. The van der Waals surface area contributed by atoms with Gasteiger partial charge < -0.3 is 10.6 Å². The summed E-state index contributed by atoms with van der Waals surface area (Å²) in [5, 5.41) is 5.34. The van der Waals surface area contributed by atoms with E-state index in [0.717, 1.165) is 12.8 Å². The Bertz CT molecular complexity index is 552. The zero-order valence-electron chi connectivity index (χ0n) is 13.7. The van der Waals surface area contributed by atoms with Crippen molar-refractivity contribution in [1.29, 1.82) is 0 Å². The molecule has 2 rings (SSSR count). The maximum Gasteiger partial charge on any atom is 0.251 e. The van der Waals surface area contributed by atoms with E-state index in [1.807, 2.05) is 0 Å². The highest BCUT2D eigenvalue weighted by Gasteiger charge is 2.15. The van der Waals surface area contributed by atoms with Crippen molar-refractivity contribution in [2.45, 2.75) is 51.9 Å². The molecule has 126 valence electrons. The minimum Gasteiger partial charge on any atom is -0.352 e. The van der Waals surface area contributed by atoms with Crippen LogP contribution >= 0.6 is 0 Å². The van der Waals surface area contributed by atoms with E-state index in [0.29, 0.717) is 18.0 Å². The molecule has 0 aromatic heterocycles. The lowest BCUT2D eigenvalue weighted by Crippen LogP contribution is -2.29. The Morgan fingerprint density at radius 1 is 1.13 bits per heavy atom. The molecule has 0 spiro atoms. The van der Waals surface area contributed by atoms with Crippen molar-refractivity contribution in [2.24, 2.45) is 5.92 Å². The van der Waals surface area contributed by atoms with Gasteiger partial charge in [0.15, 0.2) is 0 Å². The van der Waals surface area contributed by atoms with Crippen LogP contribution in [0.5, 0.6) is 0 Å². The van der Waals surface area contributed by atoms with E-state index in [1.54, 1.807) is 0 Å². The molecule has 4 nitrogen and oxygen atoms in total. The number of benzene rings is 1. The molecule has 23 heavy (non-hydrogen) atoms. The molecule has 1 saturated carbocycles. The molecule has 0 atom stereocenters. The number of halogens is 1. The number of hydrogen-bond donors (Lipinski definition) is 2. The van der Waals surface area contributed by atoms with E-state index in [4.69, 9.17) is 0 Å².